The maximum absolute atomic E-state index is 12.9. The Hall–Kier alpha value is -4.73. The van der Waals surface area contributed by atoms with Gasteiger partial charge in [0.15, 0.2) is 0 Å². The molecule has 0 unspecified atom stereocenters. The molecule has 1 aliphatic rings. The largest absolute Gasteiger partial charge is 0.349 e. The topological polar surface area (TPSA) is 107 Å². The van der Waals surface area contributed by atoms with Crippen molar-refractivity contribution in [2.45, 2.75) is 31.8 Å². The van der Waals surface area contributed by atoms with Crippen LogP contribution >= 0.6 is 12.6 Å². The lowest BCUT2D eigenvalue weighted by atomic mass is 9.97. The van der Waals surface area contributed by atoms with Crippen LogP contribution in [-0.4, -0.2) is 51.6 Å². The van der Waals surface area contributed by atoms with Gasteiger partial charge in [0.25, 0.3) is 11.5 Å². The number of amides is 2. The number of nitrogens with one attached hydrogen (secondary N) is 3. The molecule has 1 fully saturated rings. The number of rotatable bonds is 9. The van der Waals surface area contributed by atoms with Crippen molar-refractivity contribution < 1.29 is 9.59 Å². The Morgan fingerprint density at radius 2 is 1.69 bits per heavy atom. The van der Waals surface area contributed by atoms with Gasteiger partial charge >= 0.3 is 0 Å². The highest BCUT2D eigenvalue weighted by Crippen LogP contribution is 2.33. The normalized spacial score (nSPS) is 13.9. The second kappa shape index (κ2) is 13.9. The van der Waals surface area contributed by atoms with Crippen LogP contribution < -0.4 is 16.2 Å². The number of benzene rings is 3. The minimum absolute atomic E-state index is 0.0983. The van der Waals surface area contributed by atoms with Crippen LogP contribution in [0, 0.1) is 0 Å². The number of aromatic nitrogens is 2. The quantitative estimate of drug-likeness (QED) is 0.154. The smallest absolute Gasteiger partial charge is 0.257 e. The Balaban J connectivity index is 1.08. The molecule has 0 saturated carbocycles. The average Bonchev–Trinajstić information content (AvgIpc) is 3.06. The Labute approximate surface area is 267 Å². The fourth-order valence-corrected chi connectivity index (χ4v) is 5.96. The van der Waals surface area contributed by atoms with Crippen molar-refractivity contribution in [1.82, 2.24) is 20.2 Å². The Kier molecular flexibility index (Phi) is 9.38. The highest BCUT2D eigenvalue weighted by atomic mass is 32.1. The first kappa shape index (κ1) is 30.3. The van der Waals surface area contributed by atoms with E-state index in [2.05, 4.69) is 57.4 Å². The number of anilines is 1. The maximum Gasteiger partial charge on any atom is 0.257 e. The maximum atomic E-state index is 12.9. The van der Waals surface area contributed by atoms with E-state index in [9.17, 15) is 14.4 Å². The summed E-state index contributed by atoms with van der Waals surface area (Å²) in [6.45, 7) is 2.58. The number of hydrogen-bond donors (Lipinski definition) is 4. The molecule has 0 radical (unpaired) electrons. The Bertz CT molecular complexity index is 1870. The van der Waals surface area contributed by atoms with Crippen LogP contribution in [0.1, 0.15) is 35.2 Å². The lowest BCUT2D eigenvalue weighted by Gasteiger charge is -2.32. The van der Waals surface area contributed by atoms with E-state index in [0.717, 1.165) is 54.9 Å². The zero-order valence-electron chi connectivity index (χ0n) is 24.8. The molecule has 0 atom stereocenters. The number of nitrogens with zero attached hydrogens (tertiary/aromatic N) is 2. The number of thiol groups is 1. The molecule has 0 bridgehead atoms. The first-order chi connectivity index (χ1) is 22.0. The van der Waals surface area contributed by atoms with E-state index in [-0.39, 0.29) is 23.4 Å². The third-order valence-corrected chi connectivity index (χ3v) is 8.36. The molecular weight excluding hydrogens is 582 g/mol. The first-order valence-electron chi connectivity index (χ1n) is 15.2. The molecule has 2 aromatic heterocycles. The van der Waals surface area contributed by atoms with E-state index < -0.39 is 0 Å². The van der Waals surface area contributed by atoms with Gasteiger partial charge in [0.1, 0.15) is 0 Å². The zero-order chi connectivity index (χ0) is 31.2. The molecule has 2 amide bonds. The number of hydrogen-bond acceptors (Lipinski definition) is 6. The minimum Gasteiger partial charge on any atom is -0.349 e. The fourth-order valence-electron chi connectivity index (χ4n) is 5.76. The van der Waals surface area contributed by atoms with Crippen LogP contribution in [0.2, 0.25) is 0 Å². The van der Waals surface area contributed by atoms with Crippen molar-refractivity contribution in [3.8, 4) is 22.4 Å². The average molecular weight is 618 g/mol. The molecule has 6 rings (SSSR count). The number of fused-ring (bicyclic) bond motifs is 1. The van der Waals surface area contributed by atoms with Crippen LogP contribution in [0.4, 0.5) is 5.69 Å². The van der Waals surface area contributed by atoms with Gasteiger partial charge in [0, 0.05) is 60.7 Å². The summed E-state index contributed by atoms with van der Waals surface area (Å²) in [7, 11) is 0. The minimum atomic E-state index is -0.151. The van der Waals surface area contributed by atoms with E-state index in [0.29, 0.717) is 34.3 Å². The van der Waals surface area contributed by atoms with Gasteiger partial charge in [-0.25, -0.2) is 4.98 Å². The third-order valence-electron chi connectivity index (χ3n) is 8.14. The predicted octanol–water partition coefficient (Wildman–Crippen LogP) is 5.91. The zero-order valence-corrected chi connectivity index (χ0v) is 25.7. The van der Waals surface area contributed by atoms with E-state index in [1.54, 1.807) is 30.5 Å². The molecule has 0 aliphatic carbocycles. The first-order valence-corrected chi connectivity index (χ1v) is 15.8. The summed E-state index contributed by atoms with van der Waals surface area (Å²) in [5.74, 6) is 0.221. The van der Waals surface area contributed by atoms with Gasteiger partial charge in [-0.1, -0.05) is 60.7 Å². The predicted molar refractivity (Wildman–Crippen MR) is 183 cm³/mol. The number of carbonyl (C=O) groups excluding carboxylic acids is 2. The van der Waals surface area contributed by atoms with E-state index in [4.69, 9.17) is 4.98 Å². The van der Waals surface area contributed by atoms with Crippen molar-refractivity contribution in [2.75, 3.05) is 24.2 Å². The lowest BCUT2D eigenvalue weighted by Crippen LogP contribution is -2.44. The molecule has 9 heteroatoms. The molecule has 3 heterocycles. The Morgan fingerprint density at radius 1 is 0.911 bits per heavy atom. The van der Waals surface area contributed by atoms with Crippen molar-refractivity contribution in [3.63, 3.8) is 0 Å². The monoisotopic (exact) mass is 617 g/mol. The van der Waals surface area contributed by atoms with Gasteiger partial charge in [-0.3, -0.25) is 19.3 Å². The van der Waals surface area contributed by atoms with Gasteiger partial charge in [0.2, 0.25) is 5.91 Å². The SMILES string of the molecule is O=C(CCS)Nc1cccc(C(=O)NC2CCN(Cc3ccc(-c4nc5cc[nH]c(=O)c5cc4-c4ccccc4)cc3)CC2)c1. The summed E-state index contributed by atoms with van der Waals surface area (Å²) in [5.41, 5.74) is 6.62. The van der Waals surface area contributed by atoms with Crippen LogP contribution in [0.5, 0.6) is 0 Å². The lowest BCUT2D eigenvalue weighted by molar-refractivity contribution is -0.115. The molecule has 3 aromatic carbocycles. The number of aromatic amines is 1. The molecule has 228 valence electrons. The molecular formula is C36H35N5O3S. The second-order valence-corrected chi connectivity index (χ2v) is 11.8. The van der Waals surface area contributed by atoms with Crippen LogP contribution in [0.25, 0.3) is 33.3 Å². The summed E-state index contributed by atoms with van der Waals surface area (Å²) < 4.78 is 0. The van der Waals surface area contributed by atoms with Gasteiger partial charge in [-0.2, -0.15) is 12.6 Å². The highest BCUT2D eigenvalue weighted by molar-refractivity contribution is 7.80. The van der Waals surface area contributed by atoms with Crippen LogP contribution in [0.15, 0.2) is 102 Å². The van der Waals surface area contributed by atoms with Crippen molar-refractivity contribution >= 4 is 41.0 Å². The summed E-state index contributed by atoms with van der Waals surface area (Å²) in [6.07, 6.45) is 3.68. The number of H-pyrrole nitrogens is 1. The molecule has 1 aliphatic heterocycles. The van der Waals surface area contributed by atoms with Crippen molar-refractivity contribution in [2.24, 2.45) is 0 Å². The number of piperidine rings is 1. The summed E-state index contributed by atoms with van der Waals surface area (Å²) in [5, 5.41) is 6.55. The van der Waals surface area contributed by atoms with Gasteiger partial charge in [0.05, 0.1) is 16.6 Å². The van der Waals surface area contributed by atoms with Gasteiger partial charge < -0.3 is 15.6 Å². The van der Waals surface area contributed by atoms with E-state index >= 15 is 0 Å². The number of pyridine rings is 2. The summed E-state index contributed by atoms with van der Waals surface area (Å²) >= 11 is 4.09. The molecule has 5 aromatic rings. The highest BCUT2D eigenvalue weighted by Gasteiger charge is 2.22. The molecule has 0 spiro atoms. The third kappa shape index (κ3) is 7.33. The Morgan fingerprint density at radius 3 is 2.44 bits per heavy atom. The molecule has 1 saturated heterocycles. The molecule has 45 heavy (non-hydrogen) atoms. The summed E-state index contributed by atoms with van der Waals surface area (Å²) in [4.78, 5) is 47.4. The van der Waals surface area contributed by atoms with Gasteiger partial charge in [-0.05, 0) is 60.1 Å². The van der Waals surface area contributed by atoms with Crippen LogP contribution in [-0.2, 0) is 11.3 Å². The van der Waals surface area contributed by atoms with Gasteiger partial charge in [-0.15, -0.1) is 0 Å². The fraction of sp³-hybridized carbons (Fsp3) is 0.222. The summed E-state index contributed by atoms with van der Waals surface area (Å²) in [6, 6.07) is 29.4. The van der Waals surface area contributed by atoms with Crippen molar-refractivity contribution in [3.05, 3.63) is 119 Å². The van der Waals surface area contributed by atoms with E-state index in [1.165, 1.54) is 5.56 Å². The second-order valence-electron chi connectivity index (χ2n) is 11.3. The van der Waals surface area contributed by atoms with E-state index in [1.807, 2.05) is 42.5 Å². The van der Waals surface area contributed by atoms with Crippen molar-refractivity contribution in [1.29, 1.82) is 0 Å². The van der Waals surface area contributed by atoms with Crippen LogP contribution in [0.3, 0.4) is 0 Å². The molecule has 8 nitrogen and oxygen atoms in total. The standard InChI is InChI=1S/C36H35N5O3S/c42-33(16-20-45)38-29-8-4-7-27(21-29)35(43)39-28-14-18-41(19-15-28)23-24-9-11-26(12-10-24)34-30(25-5-2-1-3-6-25)22-31-32(40-34)13-17-37-36(31)44/h1-13,17,21-22,28,45H,14-16,18-20,23H2,(H,37,44)(H,38,42)(H,39,43). The molecule has 3 N–H and O–H groups in total. The number of carbonyl (C=O) groups is 2. The number of likely N-dealkylation sites (tertiary alicyclic amines) is 1.